The number of hydrogen-bond acceptors (Lipinski definition) is 4. The van der Waals surface area contributed by atoms with Gasteiger partial charge in [-0.2, -0.15) is 11.8 Å². The molecule has 3 nitrogen and oxygen atoms in total. The minimum atomic E-state index is 0.701. The molecule has 0 atom stereocenters. The van der Waals surface area contributed by atoms with Crippen LogP contribution in [0, 0.1) is 0 Å². The lowest BCUT2D eigenvalue weighted by atomic mass is 9.95. The molecule has 1 N–H and O–H groups in total. The Bertz CT molecular complexity index is 173. The van der Waals surface area contributed by atoms with Gasteiger partial charge in [0, 0.05) is 25.0 Å². The van der Waals surface area contributed by atoms with Crippen LogP contribution in [0.25, 0.3) is 0 Å². The van der Waals surface area contributed by atoms with Gasteiger partial charge < -0.3 is 14.8 Å². The first-order valence-corrected chi connectivity index (χ1v) is 7.98. The fraction of sp³-hybridized carbons (Fsp3) is 1.00. The highest BCUT2D eigenvalue weighted by Crippen LogP contribution is 2.26. The number of hydrogen-bond donors (Lipinski definition) is 1. The summed E-state index contributed by atoms with van der Waals surface area (Å²) in [5, 5.41) is 4.54. The van der Waals surface area contributed by atoms with Crippen molar-refractivity contribution in [1.82, 2.24) is 5.32 Å². The highest BCUT2D eigenvalue weighted by Gasteiger charge is 2.19. The van der Waals surface area contributed by atoms with Gasteiger partial charge >= 0.3 is 0 Å². The van der Waals surface area contributed by atoms with Gasteiger partial charge in [-0.3, -0.25) is 0 Å². The molecule has 1 rings (SSSR count). The molecule has 0 aromatic rings. The van der Waals surface area contributed by atoms with Crippen LogP contribution in [-0.4, -0.2) is 51.0 Å². The van der Waals surface area contributed by atoms with Gasteiger partial charge in [0.2, 0.25) is 0 Å². The van der Waals surface area contributed by atoms with Crippen molar-refractivity contribution >= 4 is 11.8 Å². The van der Waals surface area contributed by atoms with Crippen molar-refractivity contribution in [2.75, 3.05) is 39.7 Å². The molecule has 0 saturated heterocycles. The van der Waals surface area contributed by atoms with E-state index in [1.807, 2.05) is 11.8 Å². The second kappa shape index (κ2) is 10.2. The maximum absolute atomic E-state index is 5.43. The first kappa shape index (κ1) is 15.3. The van der Waals surface area contributed by atoms with Crippen LogP contribution in [-0.2, 0) is 9.47 Å². The molecule has 0 bridgehead atoms. The van der Waals surface area contributed by atoms with Gasteiger partial charge in [0.25, 0.3) is 0 Å². The molecule has 0 unspecified atom stereocenters. The van der Waals surface area contributed by atoms with E-state index >= 15 is 0 Å². The summed E-state index contributed by atoms with van der Waals surface area (Å²) < 4.78 is 10.4. The third-order valence-electron chi connectivity index (χ3n) is 3.34. The molecule has 17 heavy (non-hydrogen) atoms. The molecule has 0 radical (unpaired) electrons. The zero-order chi connectivity index (χ0) is 12.3. The molecule has 0 aromatic heterocycles. The van der Waals surface area contributed by atoms with Crippen LogP contribution in [0.5, 0.6) is 0 Å². The van der Waals surface area contributed by atoms with E-state index in [1.165, 1.54) is 25.7 Å². The molecular formula is C13H27NO2S. The van der Waals surface area contributed by atoms with Gasteiger partial charge in [0.1, 0.15) is 0 Å². The molecule has 1 aliphatic rings. The average molecular weight is 261 g/mol. The molecule has 1 aliphatic carbocycles. The quantitative estimate of drug-likeness (QED) is 0.645. The van der Waals surface area contributed by atoms with Crippen molar-refractivity contribution in [3.8, 4) is 0 Å². The summed E-state index contributed by atoms with van der Waals surface area (Å²) in [6.07, 6.45) is 8.78. The highest BCUT2D eigenvalue weighted by atomic mass is 32.2. The summed E-state index contributed by atoms with van der Waals surface area (Å²) in [5.74, 6) is 0. The minimum Gasteiger partial charge on any atom is -0.382 e. The number of ether oxygens (including phenoxy) is 2. The molecule has 0 aliphatic heterocycles. The van der Waals surface area contributed by atoms with E-state index in [9.17, 15) is 0 Å². The van der Waals surface area contributed by atoms with Crippen molar-refractivity contribution in [2.24, 2.45) is 0 Å². The topological polar surface area (TPSA) is 30.5 Å². The third kappa shape index (κ3) is 7.29. The SMILES string of the molecule is COCCOCCCNC1CCC(SC)CC1. The summed E-state index contributed by atoms with van der Waals surface area (Å²) in [5.41, 5.74) is 0. The second-order valence-electron chi connectivity index (χ2n) is 4.62. The Kier molecular flexibility index (Phi) is 9.16. The minimum absolute atomic E-state index is 0.701. The van der Waals surface area contributed by atoms with Crippen molar-refractivity contribution < 1.29 is 9.47 Å². The number of thioether (sulfide) groups is 1. The van der Waals surface area contributed by atoms with Crippen molar-refractivity contribution in [1.29, 1.82) is 0 Å². The van der Waals surface area contributed by atoms with Crippen molar-refractivity contribution in [3.63, 3.8) is 0 Å². The van der Waals surface area contributed by atoms with E-state index < -0.39 is 0 Å². The smallest absolute Gasteiger partial charge is 0.0700 e. The standard InChI is InChI=1S/C13H27NO2S/c1-15-10-11-16-9-3-8-14-12-4-6-13(17-2)7-5-12/h12-14H,3-11H2,1-2H3. The Balaban J connectivity index is 1.87. The van der Waals surface area contributed by atoms with Crippen LogP contribution < -0.4 is 5.32 Å². The number of rotatable bonds is 9. The van der Waals surface area contributed by atoms with Crippen LogP contribution in [0.3, 0.4) is 0 Å². The summed E-state index contributed by atoms with van der Waals surface area (Å²) in [7, 11) is 1.70. The molecular weight excluding hydrogens is 234 g/mol. The largest absolute Gasteiger partial charge is 0.382 e. The lowest BCUT2D eigenvalue weighted by Crippen LogP contribution is -2.34. The van der Waals surface area contributed by atoms with E-state index in [2.05, 4.69) is 11.6 Å². The molecule has 0 amide bonds. The van der Waals surface area contributed by atoms with E-state index in [1.54, 1.807) is 7.11 Å². The second-order valence-corrected chi connectivity index (χ2v) is 5.76. The number of methoxy groups -OCH3 is 1. The zero-order valence-corrected chi connectivity index (χ0v) is 12.1. The zero-order valence-electron chi connectivity index (χ0n) is 11.2. The monoisotopic (exact) mass is 261 g/mol. The van der Waals surface area contributed by atoms with Gasteiger partial charge in [-0.05, 0) is 44.9 Å². The lowest BCUT2D eigenvalue weighted by molar-refractivity contribution is 0.0691. The summed E-state index contributed by atoms with van der Waals surface area (Å²) in [6, 6.07) is 0.748. The molecule has 0 spiro atoms. The Morgan fingerprint density at radius 3 is 2.53 bits per heavy atom. The van der Waals surface area contributed by atoms with E-state index in [0.717, 1.165) is 37.5 Å². The first-order chi connectivity index (χ1) is 8.36. The van der Waals surface area contributed by atoms with E-state index in [4.69, 9.17) is 9.47 Å². The molecule has 1 saturated carbocycles. The molecule has 0 aromatic carbocycles. The van der Waals surface area contributed by atoms with Crippen LogP contribution in [0.1, 0.15) is 32.1 Å². The van der Waals surface area contributed by atoms with Gasteiger partial charge in [-0.25, -0.2) is 0 Å². The van der Waals surface area contributed by atoms with Crippen LogP contribution in [0.4, 0.5) is 0 Å². The fourth-order valence-electron chi connectivity index (χ4n) is 2.23. The van der Waals surface area contributed by atoms with Gasteiger partial charge in [-0.15, -0.1) is 0 Å². The number of nitrogens with one attached hydrogen (secondary N) is 1. The van der Waals surface area contributed by atoms with Gasteiger partial charge in [0.05, 0.1) is 13.2 Å². The highest BCUT2D eigenvalue weighted by molar-refractivity contribution is 7.99. The Morgan fingerprint density at radius 1 is 1.12 bits per heavy atom. The Hall–Kier alpha value is 0.230. The summed E-state index contributed by atoms with van der Waals surface area (Å²) in [6.45, 7) is 3.35. The average Bonchev–Trinajstić information content (AvgIpc) is 2.38. The Labute approximate surface area is 110 Å². The predicted octanol–water partition coefficient (Wildman–Crippen LogP) is 2.30. The van der Waals surface area contributed by atoms with Crippen molar-refractivity contribution in [3.05, 3.63) is 0 Å². The van der Waals surface area contributed by atoms with Crippen LogP contribution in [0.2, 0.25) is 0 Å². The predicted molar refractivity (Wildman–Crippen MR) is 74.9 cm³/mol. The van der Waals surface area contributed by atoms with Crippen LogP contribution in [0.15, 0.2) is 0 Å². The first-order valence-electron chi connectivity index (χ1n) is 6.69. The summed E-state index contributed by atoms with van der Waals surface area (Å²) in [4.78, 5) is 0. The molecule has 0 heterocycles. The fourth-order valence-corrected chi connectivity index (χ4v) is 2.97. The normalized spacial score (nSPS) is 25.1. The third-order valence-corrected chi connectivity index (χ3v) is 4.48. The maximum Gasteiger partial charge on any atom is 0.0700 e. The van der Waals surface area contributed by atoms with Gasteiger partial charge in [-0.1, -0.05) is 0 Å². The van der Waals surface area contributed by atoms with E-state index in [0.29, 0.717) is 6.61 Å². The molecule has 1 fully saturated rings. The molecule has 102 valence electrons. The summed E-state index contributed by atoms with van der Waals surface area (Å²) >= 11 is 2.03. The lowest BCUT2D eigenvalue weighted by Gasteiger charge is -2.28. The van der Waals surface area contributed by atoms with Gasteiger partial charge in [0.15, 0.2) is 0 Å². The Morgan fingerprint density at radius 2 is 1.88 bits per heavy atom. The van der Waals surface area contributed by atoms with Crippen molar-refractivity contribution in [2.45, 2.75) is 43.4 Å². The maximum atomic E-state index is 5.43. The van der Waals surface area contributed by atoms with Crippen LogP contribution >= 0.6 is 11.8 Å². The molecule has 4 heteroatoms. The van der Waals surface area contributed by atoms with E-state index in [-0.39, 0.29) is 0 Å².